The molecule has 0 aromatic heterocycles. The molecule has 0 bridgehead atoms. The average Bonchev–Trinajstić information content (AvgIpc) is 2.10. The standard InChI is InChI=1S/C10H11BrN2/c1-7-3-2-4-8(10(7)11)9(13)5-6-12/h2-4,9H,5,13H2,1H3/t9-/m0/s1. The highest BCUT2D eigenvalue weighted by atomic mass is 79.9. The van der Waals surface area contributed by atoms with E-state index in [0.717, 1.165) is 15.6 Å². The minimum absolute atomic E-state index is 0.195. The van der Waals surface area contributed by atoms with E-state index in [1.165, 1.54) is 0 Å². The van der Waals surface area contributed by atoms with E-state index in [1.54, 1.807) is 0 Å². The van der Waals surface area contributed by atoms with E-state index in [4.69, 9.17) is 11.0 Å². The first kappa shape index (κ1) is 10.2. The van der Waals surface area contributed by atoms with Crippen molar-refractivity contribution >= 4 is 15.9 Å². The summed E-state index contributed by atoms with van der Waals surface area (Å²) in [4.78, 5) is 0. The SMILES string of the molecule is Cc1cccc([C@@H](N)CC#N)c1Br. The summed E-state index contributed by atoms with van der Waals surface area (Å²) in [6.07, 6.45) is 0.349. The van der Waals surface area contributed by atoms with Gasteiger partial charge in [-0.1, -0.05) is 34.1 Å². The van der Waals surface area contributed by atoms with Gasteiger partial charge in [0.15, 0.2) is 0 Å². The lowest BCUT2D eigenvalue weighted by Crippen LogP contribution is -2.10. The van der Waals surface area contributed by atoms with E-state index in [2.05, 4.69) is 22.0 Å². The van der Waals surface area contributed by atoms with Gasteiger partial charge >= 0.3 is 0 Å². The summed E-state index contributed by atoms with van der Waals surface area (Å²) in [5.74, 6) is 0. The third kappa shape index (κ3) is 2.30. The largest absolute Gasteiger partial charge is 0.323 e. The number of hydrogen-bond donors (Lipinski definition) is 1. The van der Waals surface area contributed by atoms with Gasteiger partial charge in [-0.2, -0.15) is 5.26 Å². The van der Waals surface area contributed by atoms with Gasteiger partial charge in [-0.25, -0.2) is 0 Å². The first-order chi connectivity index (χ1) is 6.16. The van der Waals surface area contributed by atoms with Crippen molar-refractivity contribution in [1.82, 2.24) is 0 Å². The second kappa shape index (κ2) is 4.40. The van der Waals surface area contributed by atoms with Gasteiger partial charge in [-0.05, 0) is 18.1 Å². The van der Waals surface area contributed by atoms with Crippen molar-refractivity contribution in [3.05, 3.63) is 33.8 Å². The predicted molar refractivity (Wildman–Crippen MR) is 56.0 cm³/mol. The van der Waals surface area contributed by atoms with Crippen LogP contribution in [0.15, 0.2) is 22.7 Å². The van der Waals surface area contributed by atoms with E-state index in [9.17, 15) is 0 Å². The van der Waals surface area contributed by atoms with Crippen LogP contribution in [-0.2, 0) is 0 Å². The number of nitrogens with two attached hydrogens (primary N) is 1. The Bertz CT molecular complexity index is 341. The van der Waals surface area contributed by atoms with Crippen LogP contribution in [0.25, 0.3) is 0 Å². The smallest absolute Gasteiger partial charge is 0.0641 e. The Balaban J connectivity index is 3.02. The fourth-order valence-corrected chi connectivity index (χ4v) is 1.72. The van der Waals surface area contributed by atoms with Gasteiger partial charge in [-0.3, -0.25) is 0 Å². The van der Waals surface area contributed by atoms with E-state index < -0.39 is 0 Å². The molecule has 0 unspecified atom stereocenters. The number of halogens is 1. The number of hydrogen-bond acceptors (Lipinski definition) is 2. The molecule has 0 aliphatic rings. The molecule has 2 nitrogen and oxygen atoms in total. The first-order valence-electron chi connectivity index (χ1n) is 4.04. The van der Waals surface area contributed by atoms with Gasteiger partial charge in [0.05, 0.1) is 12.5 Å². The highest BCUT2D eigenvalue weighted by Crippen LogP contribution is 2.26. The number of aryl methyl sites for hydroxylation is 1. The normalized spacial score (nSPS) is 12.2. The Labute approximate surface area is 86.5 Å². The summed E-state index contributed by atoms with van der Waals surface area (Å²) in [5, 5.41) is 8.51. The molecule has 3 heteroatoms. The molecular weight excluding hydrogens is 228 g/mol. The van der Waals surface area contributed by atoms with Crippen molar-refractivity contribution < 1.29 is 0 Å². The summed E-state index contributed by atoms with van der Waals surface area (Å²) >= 11 is 3.46. The second-order valence-corrected chi connectivity index (χ2v) is 3.74. The van der Waals surface area contributed by atoms with Crippen LogP contribution in [0.3, 0.4) is 0 Å². The lowest BCUT2D eigenvalue weighted by molar-refractivity contribution is 0.743. The molecule has 0 aliphatic carbocycles. The zero-order valence-corrected chi connectivity index (χ0v) is 9.01. The lowest BCUT2D eigenvalue weighted by Gasteiger charge is -2.11. The second-order valence-electron chi connectivity index (χ2n) is 2.95. The van der Waals surface area contributed by atoms with Crippen molar-refractivity contribution in [3.8, 4) is 6.07 Å². The summed E-state index contributed by atoms with van der Waals surface area (Å²) in [5.41, 5.74) is 7.97. The summed E-state index contributed by atoms with van der Waals surface area (Å²) in [6, 6.07) is 7.77. The molecule has 1 atom stereocenters. The topological polar surface area (TPSA) is 49.8 Å². The van der Waals surface area contributed by atoms with Crippen LogP contribution in [0, 0.1) is 18.3 Å². The van der Waals surface area contributed by atoms with Crippen LogP contribution in [0.5, 0.6) is 0 Å². The van der Waals surface area contributed by atoms with Crippen LogP contribution < -0.4 is 5.73 Å². The van der Waals surface area contributed by atoms with Gasteiger partial charge in [0.25, 0.3) is 0 Å². The molecule has 0 saturated heterocycles. The van der Waals surface area contributed by atoms with Crippen LogP contribution in [0.4, 0.5) is 0 Å². The molecule has 0 aliphatic heterocycles. The van der Waals surface area contributed by atoms with E-state index >= 15 is 0 Å². The van der Waals surface area contributed by atoms with E-state index in [0.29, 0.717) is 6.42 Å². The van der Waals surface area contributed by atoms with Crippen molar-refractivity contribution in [2.24, 2.45) is 5.73 Å². The summed E-state index contributed by atoms with van der Waals surface area (Å²) < 4.78 is 1.01. The Morgan fingerprint density at radius 2 is 2.31 bits per heavy atom. The van der Waals surface area contributed by atoms with Crippen LogP contribution in [0.2, 0.25) is 0 Å². The third-order valence-corrected chi connectivity index (χ3v) is 3.02. The molecule has 0 spiro atoms. The molecule has 13 heavy (non-hydrogen) atoms. The maximum atomic E-state index is 8.51. The van der Waals surface area contributed by atoms with Crippen LogP contribution >= 0.6 is 15.9 Å². The quantitative estimate of drug-likeness (QED) is 0.862. The Morgan fingerprint density at radius 1 is 1.62 bits per heavy atom. The predicted octanol–water partition coefficient (Wildman–Crippen LogP) is 2.67. The van der Waals surface area contributed by atoms with Crippen LogP contribution in [-0.4, -0.2) is 0 Å². The molecule has 2 N–H and O–H groups in total. The number of rotatable bonds is 2. The Hall–Kier alpha value is -0.850. The minimum Gasteiger partial charge on any atom is -0.323 e. The Kier molecular flexibility index (Phi) is 3.47. The molecule has 1 rings (SSSR count). The molecule has 1 aromatic rings. The van der Waals surface area contributed by atoms with Gasteiger partial charge in [0.2, 0.25) is 0 Å². The molecule has 0 saturated carbocycles. The number of benzene rings is 1. The maximum absolute atomic E-state index is 8.51. The fourth-order valence-electron chi connectivity index (χ4n) is 1.16. The van der Waals surface area contributed by atoms with Crippen molar-refractivity contribution in [2.45, 2.75) is 19.4 Å². The lowest BCUT2D eigenvalue weighted by atomic mass is 10.0. The maximum Gasteiger partial charge on any atom is 0.0641 e. The van der Waals surface area contributed by atoms with E-state index in [1.807, 2.05) is 25.1 Å². The molecule has 0 heterocycles. The molecule has 68 valence electrons. The van der Waals surface area contributed by atoms with E-state index in [-0.39, 0.29) is 6.04 Å². The third-order valence-electron chi connectivity index (χ3n) is 1.93. The zero-order valence-electron chi connectivity index (χ0n) is 7.42. The van der Waals surface area contributed by atoms with Crippen molar-refractivity contribution in [3.63, 3.8) is 0 Å². The Morgan fingerprint density at radius 3 is 2.92 bits per heavy atom. The fraction of sp³-hybridized carbons (Fsp3) is 0.300. The van der Waals surface area contributed by atoms with Crippen LogP contribution in [0.1, 0.15) is 23.6 Å². The zero-order chi connectivity index (χ0) is 9.84. The number of nitrogens with zero attached hydrogens (tertiary/aromatic N) is 1. The van der Waals surface area contributed by atoms with Gasteiger partial charge in [-0.15, -0.1) is 0 Å². The monoisotopic (exact) mass is 238 g/mol. The average molecular weight is 239 g/mol. The summed E-state index contributed by atoms with van der Waals surface area (Å²) in [7, 11) is 0. The van der Waals surface area contributed by atoms with Gasteiger partial charge in [0, 0.05) is 10.5 Å². The molecular formula is C10H11BrN2. The molecule has 0 amide bonds. The first-order valence-corrected chi connectivity index (χ1v) is 4.83. The highest BCUT2D eigenvalue weighted by molar-refractivity contribution is 9.10. The van der Waals surface area contributed by atoms with Gasteiger partial charge < -0.3 is 5.73 Å². The molecule has 1 aromatic carbocycles. The van der Waals surface area contributed by atoms with Crippen molar-refractivity contribution in [1.29, 1.82) is 5.26 Å². The van der Waals surface area contributed by atoms with Crippen molar-refractivity contribution in [2.75, 3.05) is 0 Å². The van der Waals surface area contributed by atoms with Gasteiger partial charge in [0.1, 0.15) is 0 Å². The minimum atomic E-state index is -0.195. The summed E-state index contributed by atoms with van der Waals surface area (Å²) in [6.45, 7) is 2.01. The molecule has 0 radical (unpaired) electrons. The molecule has 0 fully saturated rings. The highest BCUT2D eigenvalue weighted by Gasteiger charge is 2.09. The number of nitriles is 1.